The summed E-state index contributed by atoms with van der Waals surface area (Å²) in [6.45, 7) is 3.64. The number of hydrogen-bond donors (Lipinski definition) is 1. The maximum atomic E-state index is 11.5. The van der Waals surface area contributed by atoms with Crippen molar-refractivity contribution in [3.8, 4) is 0 Å². The summed E-state index contributed by atoms with van der Waals surface area (Å²) in [4.78, 5) is 18.3. The van der Waals surface area contributed by atoms with Crippen molar-refractivity contribution in [3.05, 3.63) is 30.1 Å². The van der Waals surface area contributed by atoms with Crippen LogP contribution in [-0.2, 0) is 16.1 Å². The molecule has 0 aromatic carbocycles. The Morgan fingerprint density at radius 2 is 2.14 bits per heavy atom. The summed E-state index contributed by atoms with van der Waals surface area (Å²) in [5.74, 6) is 0.177. The molecule has 2 aliphatic rings. The molecule has 2 fully saturated rings. The van der Waals surface area contributed by atoms with E-state index in [0.29, 0.717) is 12.5 Å². The van der Waals surface area contributed by atoms with Gasteiger partial charge in [0, 0.05) is 19.3 Å². The molecule has 0 aliphatic carbocycles. The van der Waals surface area contributed by atoms with Crippen LogP contribution in [0, 0.1) is 11.8 Å². The number of nitrogens with two attached hydrogens (primary N) is 1. The minimum absolute atomic E-state index is 0.0412. The number of carbonyl (C=O) groups excluding carboxylic acids is 1. The molecule has 0 unspecified atom stereocenters. The highest BCUT2D eigenvalue weighted by atomic mass is 16.5. The zero-order valence-corrected chi connectivity index (χ0v) is 12.3. The first-order chi connectivity index (χ1) is 10.2. The van der Waals surface area contributed by atoms with Gasteiger partial charge in [0.15, 0.2) is 0 Å². The minimum atomic E-state index is -0.201. The zero-order valence-electron chi connectivity index (χ0n) is 12.3. The first kappa shape index (κ1) is 14.5. The summed E-state index contributed by atoms with van der Waals surface area (Å²) in [5, 5.41) is 0. The summed E-state index contributed by atoms with van der Waals surface area (Å²) >= 11 is 0. The lowest BCUT2D eigenvalue weighted by atomic mass is 9.84. The third-order valence-corrected chi connectivity index (χ3v) is 4.71. The fraction of sp³-hybridized carbons (Fsp3) is 0.625. The molecule has 1 amide bonds. The monoisotopic (exact) mass is 289 g/mol. The third kappa shape index (κ3) is 3.41. The van der Waals surface area contributed by atoms with Crippen LogP contribution in [-0.4, -0.2) is 41.6 Å². The first-order valence-electron chi connectivity index (χ1n) is 7.77. The average Bonchev–Trinajstić information content (AvgIpc) is 2.99. The highest BCUT2D eigenvalue weighted by Crippen LogP contribution is 2.33. The van der Waals surface area contributed by atoms with Crippen LogP contribution in [0.15, 0.2) is 24.4 Å². The highest BCUT2D eigenvalue weighted by molar-refractivity contribution is 5.77. The normalized spacial score (nSPS) is 27.8. The Hall–Kier alpha value is -1.46. The van der Waals surface area contributed by atoms with E-state index in [9.17, 15) is 4.79 Å². The van der Waals surface area contributed by atoms with Gasteiger partial charge in [0.2, 0.25) is 5.91 Å². The first-order valence-corrected chi connectivity index (χ1v) is 7.77. The number of piperidine rings is 1. The van der Waals surface area contributed by atoms with Crippen LogP contribution in [0.5, 0.6) is 0 Å². The van der Waals surface area contributed by atoms with Gasteiger partial charge >= 0.3 is 0 Å². The van der Waals surface area contributed by atoms with Crippen molar-refractivity contribution in [1.82, 2.24) is 9.88 Å². The number of pyridine rings is 1. The van der Waals surface area contributed by atoms with E-state index in [-0.39, 0.29) is 17.9 Å². The Balaban J connectivity index is 1.52. The van der Waals surface area contributed by atoms with Crippen LogP contribution < -0.4 is 5.73 Å². The molecular formula is C16H23N3O2. The maximum absolute atomic E-state index is 11.5. The van der Waals surface area contributed by atoms with Crippen molar-refractivity contribution in [2.75, 3.05) is 19.7 Å². The van der Waals surface area contributed by atoms with E-state index >= 15 is 0 Å². The molecule has 0 radical (unpaired) electrons. The van der Waals surface area contributed by atoms with E-state index in [4.69, 9.17) is 10.5 Å². The van der Waals surface area contributed by atoms with Crippen LogP contribution in [0.3, 0.4) is 0 Å². The molecule has 5 nitrogen and oxygen atoms in total. The summed E-state index contributed by atoms with van der Waals surface area (Å²) in [5.41, 5.74) is 6.60. The number of rotatable bonds is 4. The van der Waals surface area contributed by atoms with Crippen molar-refractivity contribution >= 4 is 5.91 Å². The Morgan fingerprint density at radius 1 is 1.33 bits per heavy atom. The van der Waals surface area contributed by atoms with Gasteiger partial charge in [0.25, 0.3) is 0 Å². The van der Waals surface area contributed by atoms with Crippen LogP contribution in [0.25, 0.3) is 0 Å². The number of carbonyl (C=O) groups is 1. The number of primary amides is 1. The van der Waals surface area contributed by atoms with Crippen molar-refractivity contribution in [1.29, 1.82) is 0 Å². The van der Waals surface area contributed by atoms with E-state index in [2.05, 4.69) is 16.0 Å². The highest BCUT2D eigenvalue weighted by Gasteiger charge is 2.39. The van der Waals surface area contributed by atoms with Gasteiger partial charge in [0.05, 0.1) is 17.7 Å². The second-order valence-corrected chi connectivity index (χ2v) is 6.07. The molecule has 0 saturated carbocycles. The van der Waals surface area contributed by atoms with Gasteiger partial charge in [-0.3, -0.25) is 14.7 Å². The molecule has 114 valence electrons. The molecule has 2 saturated heterocycles. The molecule has 1 aromatic rings. The number of aromatic nitrogens is 1. The van der Waals surface area contributed by atoms with E-state index in [1.165, 1.54) is 0 Å². The maximum Gasteiger partial charge on any atom is 0.223 e. The summed E-state index contributed by atoms with van der Waals surface area (Å²) < 4.78 is 5.79. The standard InChI is InChI=1S/C16H23N3O2/c17-16(20)14-6-10-21-15(14)12-4-8-19(9-5-12)11-13-3-1-2-7-18-13/h1-3,7,12,14-15H,4-6,8-11H2,(H2,17,20)/t14-,15+/m0/s1. The van der Waals surface area contributed by atoms with Gasteiger partial charge in [-0.15, -0.1) is 0 Å². The lowest BCUT2D eigenvalue weighted by Crippen LogP contribution is -2.42. The molecule has 2 atom stereocenters. The Labute approximate surface area is 125 Å². The van der Waals surface area contributed by atoms with Crippen LogP contribution in [0.1, 0.15) is 25.0 Å². The van der Waals surface area contributed by atoms with E-state index in [0.717, 1.165) is 44.6 Å². The Morgan fingerprint density at radius 3 is 2.81 bits per heavy atom. The van der Waals surface area contributed by atoms with Gasteiger partial charge in [-0.05, 0) is 50.4 Å². The molecule has 21 heavy (non-hydrogen) atoms. The Kier molecular flexibility index (Phi) is 4.51. The predicted octanol–water partition coefficient (Wildman–Crippen LogP) is 1.18. The quantitative estimate of drug-likeness (QED) is 0.904. The van der Waals surface area contributed by atoms with Crippen molar-refractivity contribution in [2.24, 2.45) is 17.6 Å². The average molecular weight is 289 g/mol. The molecule has 0 bridgehead atoms. The molecule has 2 N–H and O–H groups in total. The van der Waals surface area contributed by atoms with Gasteiger partial charge in [0.1, 0.15) is 0 Å². The van der Waals surface area contributed by atoms with Crippen molar-refractivity contribution in [2.45, 2.75) is 31.9 Å². The fourth-order valence-corrected chi connectivity index (χ4v) is 3.54. The fourth-order valence-electron chi connectivity index (χ4n) is 3.54. The van der Waals surface area contributed by atoms with E-state index in [1.807, 2.05) is 18.3 Å². The van der Waals surface area contributed by atoms with E-state index in [1.54, 1.807) is 0 Å². The number of nitrogens with zero attached hydrogens (tertiary/aromatic N) is 2. The third-order valence-electron chi connectivity index (χ3n) is 4.71. The number of likely N-dealkylation sites (tertiary alicyclic amines) is 1. The molecule has 2 aliphatic heterocycles. The van der Waals surface area contributed by atoms with Gasteiger partial charge in [-0.25, -0.2) is 0 Å². The topological polar surface area (TPSA) is 68.5 Å². The second kappa shape index (κ2) is 6.54. The molecule has 3 rings (SSSR count). The van der Waals surface area contributed by atoms with Gasteiger partial charge in [-0.2, -0.15) is 0 Å². The molecule has 1 aromatic heterocycles. The second-order valence-electron chi connectivity index (χ2n) is 6.07. The Bertz CT molecular complexity index is 472. The largest absolute Gasteiger partial charge is 0.377 e. The minimum Gasteiger partial charge on any atom is -0.377 e. The predicted molar refractivity (Wildman–Crippen MR) is 79.3 cm³/mol. The lowest BCUT2D eigenvalue weighted by molar-refractivity contribution is -0.124. The summed E-state index contributed by atoms with van der Waals surface area (Å²) in [7, 11) is 0. The van der Waals surface area contributed by atoms with Crippen molar-refractivity contribution < 1.29 is 9.53 Å². The lowest BCUT2D eigenvalue weighted by Gasteiger charge is -2.35. The molecular weight excluding hydrogens is 266 g/mol. The zero-order chi connectivity index (χ0) is 14.7. The number of hydrogen-bond acceptors (Lipinski definition) is 4. The van der Waals surface area contributed by atoms with E-state index < -0.39 is 0 Å². The number of ether oxygens (including phenoxy) is 1. The van der Waals surface area contributed by atoms with Gasteiger partial charge < -0.3 is 10.5 Å². The summed E-state index contributed by atoms with van der Waals surface area (Å²) in [6.07, 6.45) is 4.81. The van der Waals surface area contributed by atoms with Crippen LogP contribution >= 0.6 is 0 Å². The van der Waals surface area contributed by atoms with Crippen molar-refractivity contribution in [3.63, 3.8) is 0 Å². The molecule has 0 spiro atoms. The summed E-state index contributed by atoms with van der Waals surface area (Å²) in [6, 6.07) is 6.03. The van der Waals surface area contributed by atoms with Crippen LogP contribution in [0.4, 0.5) is 0 Å². The SMILES string of the molecule is NC(=O)[C@H]1CCO[C@@H]1C1CCN(Cc2ccccn2)CC1. The van der Waals surface area contributed by atoms with Gasteiger partial charge in [-0.1, -0.05) is 6.07 Å². The molecule has 5 heteroatoms. The smallest absolute Gasteiger partial charge is 0.223 e. The number of amides is 1. The molecule has 3 heterocycles. The van der Waals surface area contributed by atoms with Crippen LogP contribution in [0.2, 0.25) is 0 Å².